The number of rotatable bonds is 4. The molecule has 0 amide bonds. The normalized spacial score (nSPS) is 24.1. The molecule has 82 valence electrons. The molecule has 1 fully saturated rings. The highest BCUT2D eigenvalue weighted by Crippen LogP contribution is 2.20. The number of likely N-dealkylation sites (tertiary alicyclic amines) is 1. The van der Waals surface area contributed by atoms with E-state index in [0.29, 0.717) is 18.3 Å². The van der Waals surface area contributed by atoms with Gasteiger partial charge < -0.3 is 10.0 Å². The smallest absolute Gasteiger partial charge is 0.303 e. The van der Waals surface area contributed by atoms with Crippen LogP contribution in [0.3, 0.4) is 0 Å². The SMILES string of the molecule is CC(C)CN1CCC[C@@H](CC(=O)O)C1. The second-order valence-corrected chi connectivity index (χ2v) is 4.76. The molecular weight excluding hydrogens is 178 g/mol. The zero-order valence-electron chi connectivity index (χ0n) is 9.20. The molecule has 0 radical (unpaired) electrons. The van der Waals surface area contributed by atoms with Gasteiger partial charge in [0, 0.05) is 19.5 Å². The van der Waals surface area contributed by atoms with E-state index in [0.717, 1.165) is 32.5 Å². The maximum Gasteiger partial charge on any atom is 0.303 e. The standard InChI is InChI=1S/C11H21NO2/c1-9(2)7-12-5-3-4-10(8-12)6-11(13)14/h9-10H,3-8H2,1-2H3,(H,13,14)/t10-/m0/s1. The van der Waals surface area contributed by atoms with E-state index in [-0.39, 0.29) is 0 Å². The van der Waals surface area contributed by atoms with Gasteiger partial charge in [0.1, 0.15) is 0 Å². The number of hydrogen-bond donors (Lipinski definition) is 1. The summed E-state index contributed by atoms with van der Waals surface area (Å²) in [5, 5.41) is 8.72. The van der Waals surface area contributed by atoms with Crippen LogP contribution in [0.2, 0.25) is 0 Å². The predicted molar refractivity (Wildman–Crippen MR) is 56.3 cm³/mol. The average Bonchev–Trinajstić information content (AvgIpc) is 2.01. The molecule has 0 aromatic heterocycles. The van der Waals surface area contributed by atoms with E-state index >= 15 is 0 Å². The van der Waals surface area contributed by atoms with E-state index in [1.54, 1.807) is 0 Å². The fourth-order valence-corrected chi connectivity index (χ4v) is 2.25. The summed E-state index contributed by atoms with van der Waals surface area (Å²) in [4.78, 5) is 13.0. The Morgan fingerprint density at radius 1 is 1.57 bits per heavy atom. The van der Waals surface area contributed by atoms with Gasteiger partial charge in [-0.2, -0.15) is 0 Å². The monoisotopic (exact) mass is 199 g/mol. The van der Waals surface area contributed by atoms with Crippen LogP contribution in [0, 0.1) is 11.8 Å². The van der Waals surface area contributed by atoms with Crippen molar-refractivity contribution < 1.29 is 9.90 Å². The molecule has 0 spiro atoms. The van der Waals surface area contributed by atoms with E-state index in [9.17, 15) is 4.79 Å². The Kier molecular flexibility index (Phi) is 4.39. The Balaban J connectivity index is 2.32. The van der Waals surface area contributed by atoms with Gasteiger partial charge in [0.05, 0.1) is 0 Å². The van der Waals surface area contributed by atoms with Crippen molar-refractivity contribution in [1.29, 1.82) is 0 Å². The molecule has 1 heterocycles. The van der Waals surface area contributed by atoms with Crippen LogP contribution in [0.25, 0.3) is 0 Å². The molecule has 0 bridgehead atoms. The third kappa shape index (κ3) is 4.09. The first-order valence-corrected chi connectivity index (χ1v) is 5.52. The minimum absolute atomic E-state index is 0.342. The molecular formula is C11H21NO2. The minimum atomic E-state index is -0.651. The van der Waals surface area contributed by atoms with Crippen LogP contribution in [0.5, 0.6) is 0 Å². The largest absolute Gasteiger partial charge is 0.481 e. The first-order valence-electron chi connectivity index (χ1n) is 5.52. The second kappa shape index (κ2) is 5.35. The van der Waals surface area contributed by atoms with Crippen LogP contribution in [-0.2, 0) is 4.79 Å². The highest BCUT2D eigenvalue weighted by atomic mass is 16.4. The Morgan fingerprint density at radius 2 is 2.29 bits per heavy atom. The molecule has 1 aliphatic heterocycles. The summed E-state index contributed by atoms with van der Waals surface area (Å²) in [6.45, 7) is 7.65. The lowest BCUT2D eigenvalue weighted by Crippen LogP contribution is -2.38. The summed E-state index contributed by atoms with van der Waals surface area (Å²) in [5.41, 5.74) is 0. The first kappa shape index (κ1) is 11.5. The van der Waals surface area contributed by atoms with E-state index < -0.39 is 5.97 Å². The molecule has 14 heavy (non-hydrogen) atoms. The third-order valence-electron chi connectivity index (χ3n) is 2.69. The summed E-state index contributed by atoms with van der Waals surface area (Å²) in [6.07, 6.45) is 2.58. The van der Waals surface area contributed by atoms with Crippen LogP contribution in [0.1, 0.15) is 33.1 Å². The lowest BCUT2D eigenvalue weighted by molar-refractivity contribution is -0.138. The summed E-state index contributed by atoms with van der Waals surface area (Å²) in [6, 6.07) is 0. The van der Waals surface area contributed by atoms with Gasteiger partial charge in [0.15, 0.2) is 0 Å². The summed E-state index contributed by atoms with van der Waals surface area (Å²) in [5.74, 6) is 0.403. The molecule has 0 aromatic rings. The Bertz CT molecular complexity index is 192. The lowest BCUT2D eigenvalue weighted by Gasteiger charge is -2.33. The summed E-state index contributed by atoms with van der Waals surface area (Å²) >= 11 is 0. The van der Waals surface area contributed by atoms with Crippen molar-refractivity contribution >= 4 is 5.97 Å². The van der Waals surface area contributed by atoms with Crippen LogP contribution < -0.4 is 0 Å². The number of nitrogens with zero attached hydrogens (tertiary/aromatic N) is 1. The molecule has 1 N–H and O–H groups in total. The summed E-state index contributed by atoms with van der Waals surface area (Å²) in [7, 11) is 0. The van der Waals surface area contributed by atoms with Crippen LogP contribution in [-0.4, -0.2) is 35.6 Å². The van der Waals surface area contributed by atoms with Crippen molar-refractivity contribution in [2.45, 2.75) is 33.1 Å². The lowest BCUT2D eigenvalue weighted by atomic mass is 9.94. The number of piperidine rings is 1. The van der Waals surface area contributed by atoms with Gasteiger partial charge in [-0.25, -0.2) is 0 Å². The van der Waals surface area contributed by atoms with Crippen molar-refractivity contribution in [1.82, 2.24) is 4.90 Å². The van der Waals surface area contributed by atoms with E-state index in [1.165, 1.54) is 0 Å². The van der Waals surface area contributed by atoms with Gasteiger partial charge in [-0.05, 0) is 31.2 Å². The molecule has 0 aromatic carbocycles. The van der Waals surface area contributed by atoms with Gasteiger partial charge in [-0.15, -0.1) is 0 Å². The molecule has 1 atom stereocenters. The van der Waals surface area contributed by atoms with Crippen LogP contribution >= 0.6 is 0 Å². The molecule has 3 heteroatoms. The highest BCUT2D eigenvalue weighted by Gasteiger charge is 2.21. The number of carboxylic acids is 1. The molecule has 1 aliphatic rings. The maximum absolute atomic E-state index is 10.6. The number of aliphatic carboxylic acids is 1. The zero-order valence-corrected chi connectivity index (χ0v) is 9.20. The fourth-order valence-electron chi connectivity index (χ4n) is 2.25. The van der Waals surface area contributed by atoms with E-state index in [2.05, 4.69) is 18.7 Å². The first-order chi connectivity index (χ1) is 6.58. The Labute approximate surface area is 86.1 Å². The van der Waals surface area contributed by atoms with Gasteiger partial charge in [0.25, 0.3) is 0 Å². The second-order valence-electron chi connectivity index (χ2n) is 4.76. The minimum Gasteiger partial charge on any atom is -0.481 e. The number of carbonyl (C=O) groups is 1. The van der Waals surface area contributed by atoms with Crippen LogP contribution in [0.4, 0.5) is 0 Å². The van der Waals surface area contributed by atoms with Gasteiger partial charge in [-0.1, -0.05) is 13.8 Å². The van der Waals surface area contributed by atoms with Gasteiger partial charge in [-0.3, -0.25) is 4.79 Å². The Morgan fingerprint density at radius 3 is 2.86 bits per heavy atom. The quantitative estimate of drug-likeness (QED) is 0.751. The van der Waals surface area contributed by atoms with E-state index in [4.69, 9.17) is 5.11 Å². The number of hydrogen-bond acceptors (Lipinski definition) is 2. The van der Waals surface area contributed by atoms with Gasteiger partial charge in [0.2, 0.25) is 0 Å². The van der Waals surface area contributed by atoms with Crippen molar-refractivity contribution in [3.05, 3.63) is 0 Å². The van der Waals surface area contributed by atoms with Crippen molar-refractivity contribution in [3.63, 3.8) is 0 Å². The average molecular weight is 199 g/mol. The van der Waals surface area contributed by atoms with Crippen molar-refractivity contribution in [3.8, 4) is 0 Å². The molecule has 0 aliphatic carbocycles. The Hall–Kier alpha value is -0.570. The molecule has 0 saturated carbocycles. The van der Waals surface area contributed by atoms with Crippen molar-refractivity contribution in [2.24, 2.45) is 11.8 Å². The molecule has 1 saturated heterocycles. The van der Waals surface area contributed by atoms with Crippen molar-refractivity contribution in [2.75, 3.05) is 19.6 Å². The maximum atomic E-state index is 10.6. The number of carboxylic acid groups (broad SMARTS) is 1. The molecule has 0 unspecified atom stereocenters. The topological polar surface area (TPSA) is 40.5 Å². The third-order valence-corrected chi connectivity index (χ3v) is 2.69. The zero-order chi connectivity index (χ0) is 10.6. The molecule has 1 rings (SSSR count). The fraction of sp³-hybridized carbons (Fsp3) is 0.909. The predicted octanol–water partition coefficient (Wildman–Crippen LogP) is 1.83. The molecule has 3 nitrogen and oxygen atoms in total. The highest BCUT2D eigenvalue weighted by molar-refractivity contribution is 5.67. The van der Waals surface area contributed by atoms with Gasteiger partial charge >= 0.3 is 5.97 Å². The van der Waals surface area contributed by atoms with Crippen LogP contribution in [0.15, 0.2) is 0 Å². The van der Waals surface area contributed by atoms with E-state index in [1.807, 2.05) is 0 Å². The summed E-state index contributed by atoms with van der Waals surface area (Å²) < 4.78 is 0.